The van der Waals surface area contributed by atoms with Crippen LogP contribution in [0.5, 0.6) is 0 Å². The zero-order valence-electron chi connectivity index (χ0n) is 20.9. The summed E-state index contributed by atoms with van der Waals surface area (Å²) >= 11 is 0. The standard InChI is InChI=1S/C25H35NO7Si/c1-24(2,3)34(6,7)33-20(17-13-30-25(4,5)32-17)21-18(19(22(27)28)23(29)31-21)15-12-26-16-11-9-8-10-14(15)16/h8-12,17-21,26H,13H2,1-7H3,(H,27,28)/t17-,18+,19-,20+,21-/m0/s1. The first-order chi connectivity index (χ1) is 15.7. The molecule has 4 rings (SSSR count). The van der Waals surface area contributed by atoms with Crippen LogP contribution in [0.3, 0.4) is 0 Å². The molecular formula is C25H35NO7Si. The first-order valence-corrected chi connectivity index (χ1v) is 14.6. The molecule has 0 saturated carbocycles. The van der Waals surface area contributed by atoms with Crippen LogP contribution in [-0.4, -0.2) is 61.1 Å². The van der Waals surface area contributed by atoms with Crippen LogP contribution in [0.2, 0.25) is 18.1 Å². The van der Waals surface area contributed by atoms with Crippen LogP contribution in [-0.2, 0) is 28.2 Å². The number of carboxylic acids is 1. The van der Waals surface area contributed by atoms with E-state index in [1.165, 1.54) is 0 Å². The zero-order valence-corrected chi connectivity index (χ0v) is 21.9. The van der Waals surface area contributed by atoms with E-state index >= 15 is 0 Å². The molecule has 186 valence electrons. The van der Waals surface area contributed by atoms with Gasteiger partial charge in [-0.1, -0.05) is 39.0 Å². The SMILES string of the molecule is CC1(C)OC[C@@H]([C@@H](O[Si](C)(C)C(C)(C)C)[C@H]2OC(=O)[C@H](C(=O)O)[C@H]2c2c[nH]c3ccccc23)O1. The molecule has 5 atom stereocenters. The molecule has 2 aliphatic rings. The van der Waals surface area contributed by atoms with Gasteiger partial charge < -0.3 is 28.7 Å². The Hall–Kier alpha value is -2.20. The largest absolute Gasteiger partial charge is 0.481 e. The van der Waals surface area contributed by atoms with Gasteiger partial charge in [0, 0.05) is 23.0 Å². The van der Waals surface area contributed by atoms with Crippen molar-refractivity contribution in [3.05, 3.63) is 36.0 Å². The number of ether oxygens (including phenoxy) is 3. The third-order valence-corrected chi connectivity index (χ3v) is 11.9. The van der Waals surface area contributed by atoms with Crippen molar-refractivity contribution in [2.45, 2.75) is 82.8 Å². The quantitative estimate of drug-likeness (QED) is 0.351. The number of carbonyl (C=O) groups excluding carboxylic acids is 1. The van der Waals surface area contributed by atoms with Crippen molar-refractivity contribution in [1.82, 2.24) is 4.98 Å². The van der Waals surface area contributed by atoms with Crippen LogP contribution in [0.4, 0.5) is 0 Å². The number of aromatic amines is 1. The fourth-order valence-electron chi connectivity index (χ4n) is 4.62. The lowest BCUT2D eigenvalue weighted by atomic mass is 9.81. The van der Waals surface area contributed by atoms with Crippen molar-refractivity contribution in [2.24, 2.45) is 5.92 Å². The average Bonchev–Trinajstić information content (AvgIpc) is 3.39. The van der Waals surface area contributed by atoms with Crippen LogP contribution in [0.15, 0.2) is 30.5 Å². The van der Waals surface area contributed by atoms with E-state index in [1.54, 1.807) is 6.20 Å². The van der Waals surface area contributed by atoms with Crippen LogP contribution in [0.25, 0.3) is 10.9 Å². The maximum atomic E-state index is 12.9. The average molecular weight is 490 g/mol. The second kappa shape index (κ2) is 8.48. The van der Waals surface area contributed by atoms with Crippen molar-refractivity contribution in [3.8, 4) is 0 Å². The number of cyclic esters (lactones) is 1. The maximum Gasteiger partial charge on any atom is 0.321 e. The molecule has 2 aromatic rings. The van der Waals surface area contributed by atoms with Gasteiger partial charge in [0.05, 0.1) is 6.61 Å². The first kappa shape index (κ1) is 24.9. The highest BCUT2D eigenvalue weighted by molar-refractivity contribution is 6.74. The molecule has 2 aliphatic heterocycles. The Balaban J connectivity index is 1.82. The smallest absolute Gasteiger partial charge is 0.321 e. The van der Waals surface area contributed by atoms with E-state index in [0.717, 1.165) is 16.5 Å². The Morgan fingerprint density at radius 2 is 1.94 bits per heavy atom. The molecule has 1 aromatic heterocycles. The molecule has 2 saturated heterocycles. The third kappa shape index (κ3) is 4.42. The number of para-hydroxylation sites is 1. The van der Waals surface area contributed by atoms with Gasteiger partial charge >= 0.3 is 11.9 Å². The fourth-order valence-corrected chi connectivity index (χ4v) is 5.94. The summed E-state index contributed by atoms with van der Waals surface area (Å²) in [5.74, 6) is -4.87. The van der Waals surface area contributed by atoms with Crippen molar-refractivity contribution >= 4 is 31.2 Å². The van der Waals surface area contributed by atoms with E-state index < -0.39 is 56.2 Å². The van der Waals surface area contributed by atoms with Crippen molar-refractivity contribution in [1.29, 1.82) is 0 Å². The number of hydrogen-bond donors (Lipinski definition) is 2. The number of aromatic nitrogens is 1. The molecular weight excluding hydrogens is 454 g/mol. The Labute approximate surface area is 201 Å². The Kier molecular flexibility index (Phi) is 6.21. The summed E-state index contributed by atoms with van der Waals surface area (Å²) in [6, 6.07) is 7.63. The Bertz CT molecular complexity index is 1090. The molecule has 0 amide bonds. The number of esters is 1. The minimum absolute atomic E-state index is 0.120. The molecule has 1 aromatic carbocycles. The highest BCUT2D eigenvalue weighted by Crippen LogP contribution is 2.46. The topological polar surface area (TPSA) is 107 Å². The minimum atomic E-state index is -2.37. The number of H-pyrrole nitrogens is 1. The lowest BCUT2D eigenvalue weighted by Crippen LogP contribution is -2.53. The van der Waals surface area contributed by atoms with Gasteiger partial charge in [-0.2, -0.15) is 0 Å². The molecule has 9 heteroatoms. The van der Waals surface area contributed by atoms with E-state index in [2.05, 4.69) is 38.8 Å². The highest BCUT2D eigenvalue weighted by Gasteiger charge is 2.58. The minimum Gasteiger partial charge on any atom is -0.481 e. The molecule has 8 nitrogen and oxygen atoms in total. The number of carboxylic acid groups (broad SMARTS) is 1. The molecule has 0 aliphatic carbocycles. The summed E-state index contributed by atoms with van der Waals surface area (Å²) in [6.07, 6.45) is -0.263. The Morgan fingerprint density at radius 3 is 2.53 bits per heavy atom. The summed E-state index contributed by atoms with van der Waals surface area (Å²) in [6.45, 7) is 14.5. The van der Waals surface area contributed by atoms with Crippen molar-refractivity contribution in [2.75, 3.05) is 6.61 Å². The van der Waals surface area contributed by atoms with Crippen LogP contribution in [0, 0.1) is 5.92 Å². The summed E-state index contributed by atoms with van der Waals surface area (Å²) in [5, 5.41) is 10.8. The summed E-state index contributed by atoms with van der Waals surface area (Å²) < 4.78 is 24.7. The summed E-state index contributed by atoms with van der Waals surface area (Å²) in [5.41, 5.74) is 1.59. The zero-order chi connectivity index (χ0) is 25.1. The number of carbonyl (C=O) groups is 2. The predicted octanol–water partition coefficient (Wildman–Crippen LogP) is 4.42. The van der Waals surface area contributed by atoms with Gasteiger partial charge in [0.2, 0.25) is 0 Å². The van der Waals surface area contributed by atoms with E-state index in [1.807, 2.05) is 38.1 Å². The van der Waals surface area contributed by atoms with Gasteiger partial charge in [-0.25, -0.2) is 0 Å². The molecule has 2 N–H and O–H groups in total. The number of fused-ring (bicyclic) bond motifs is 1. The van der Waals surface area contributed by atoms with E-state index in [4.69, 9.17) is 18.6 Å². The Morgan fingerprint density at radius 1 is 1.26 bits per heavy atom. The second-order valence-corrected chi connectivity index (χ2v) is 16.0. The molecule has 3 heterocycles. The lowest BCUT2D eigenvalue weighted by Gasteiger charge is -2.42. The van der Waals surface area contributed by atoms with E-state index in [9.17, 15) is 14.7 Å². The molecule has 0 unspecified atom stereocenters. The third-order valence-electron chi connectivity index (χ3n) is 7.42. The van der Waals surface area contributed by atoms with Crippen molar-refractivity contribution < 1.29 is 33.3 Å². The number of nitrogens with one attached hydrogen (secondary N) is 1. The predicted molar refractivity (Wildman–Crippen MR) is 129 cm³/mol. The molecule has 2 fully saturated rings. The second-order valence-electron chi connectivity index (χ2n) is 11.2. The van der Waals surface area contributed by atoms with Crippen LogP contribution >= 0.6 is 0 Å². The van der Waals surface area contributed by atoms with Crippen LogP contribution < -0.4 is 0 Å². The molecule has 0 bridgehead atoms. The summed E-state index contributed by atoms with van der Waals surface area (Å²) in [7, 11) is -2.37. The van der Waals surface area contributed by atoms with Gasteiger partial charge in [0.25, 0.3) is 0 Å². The normalized spacial score (nSPS) is 28.3. The number of rotatable bonds is 6. The molecule has 34 heavy (non-hydrogen) atoms. The fraction of sp³-hybridized carbons (Fsp3) is 0.600. The number of hydrogen-bond acceptors (Lipinski definition) is 6. The molecule has 0 radical (unpaired) electrons. The van der Waals surface area contributed by atoms with Gasteiger partial charge in [-0.15, -0.1) is 0 Å². The monoisotopic (exact) mass is 489 g/mol. The van der Waals surface area contributed by atoms with Gasteiger partial charge in [-0.05, 0) is 43.6 Å². The van der Waals surface area contributed by atoms with Gasteiger partial charge in [-0.3, -0.25) is 9.59 Å². The van der Waals surface area contributed by atoms with Crippen molar-refractivity contribution in [3.63, 3.8) is 0 Å². The van der Waals surface area contributed by atoms with Crippen LogP contribution in [0.1, 0.15) is 46.1 Å². The highest BCUT2D eigenvalue weighted by atomic mass is 28.4. The molecule has 0 spiro atoms. The first-order valence-electron chi connectivity index (χ1n) is 11.7. The number of aliphatic carboxylic acids is 1. The lowest BCUT2D eigenvalue weighted by molar-refractivity contribution is -0.165. The van der Waals surface area contributed by atoms with Gasteiger partial charge in [0.1, 0.15) is 18.3 Å². The van der Waals surface area contributed by atoms with E-state index in [0.29, 0.717) is 0 Å². The summed E-state index contributed by atoms with van der Waals surface area (Å²) in [4.78, 5) is 28.4. The van der Waals surface area contributed by atoms with E-state index in [-0.39, 0.29) is 11.6 Å². The number of benzene rings is 1. The maximum absolute atomic E-state index is 12.9. The van der Waals surface area contributed by atoms with Gasteiger partial charge in [0.15, 0.2) is 20.0 Å².